The van der Waals surface area contributed by atoms with Crippen LogP contribution in [-0.2, 0) is 0 Å². The molecule has 2 N–H and O–H groups in total. The summed E-state index contributed by atoms with van der Waals surface area (Å²) in [6.07, 6.45) is 0. The van der Waals surface area contributed by atoms with E-state index in [1.54, 1.807) is 31.2 Å². The molecule has 0 saturated heterocycles. The van der Waals surface area contributed by atoms with E-state index in [1.807, 2.05) is 30.3 Å². The number of nitrogens with zero attached hydrogens (tertiary/aromatic N) is 1. The number of ether oxygens (including phenoxy) is 1. The van der Waals surface area contributed by atoms with Gasteiger partial charge in [0, 0.05) is 11.1 Å². The highest BCUT2D eigenvalue weighted by atomic mass is 35.5. The summed E-state index contributed by atoms with van der Waals surface area (Å²) in [7, 11) is 0. The van der Waals surface area contributed by atoms with Gasteiger partial charge >= 0.3 is 0 Å². The third-order valence-corrected chi connectivity index (χ3v) is 4.41. The van der Waals surface area contributed by atoms with Crippen molar-refractivity contribution in [2.75, 3.05) is 0 Å². The minimum absolute atomic E-state index is 0.106. The molecule has 0 spiro atoms. The summed E-state index contributed by atoms with van der Waals surface area (Å²) in [4.78, 5) is 12.4. The van der Waals surface area contributed by atoms with E-state index in [-0.39, 0.29) is 15.8 Å². The number of amides is 1. The summed E-state index contributed by atoms with van der Waals surface area (Å²) < 4.78 is 5.73. The van der Waals surface area contributed by atoms with Crippen molar-refractivity contribution in [2.45, 2.75) is 6.92 Å². The van der Waals surface area contributed by atoms with Gasteiger partial charge < -0.3 is 9.84 Å². The number of phenolic OH excluding ortho intramolecular Hbond substituents is 1. The number of carbonyl (C=O) groups is 1. The number of nitrogens with one attached hydrogen (secondary N) is 1. The fourth-order valence-corrected chi connectivity index (χ4v) is 2.85. The molecule has 0 fully saturated rings. The van der Waals surface area contributed by atoms with E-state index in [2.05, 4.69) is 10.5 Å². The van der Waals surface area contributed by atoms with Crippen LogP contribution in [0.15, 0.2) is 71.8 Å². The molecule has 7 heteroatoms. The van der Waals surface area contributed by atoms with Crippen LogP contribution in [0.4, 0.5) is 0 Å². The molecule has 0 aliphatic carbocycles. The Morgan fingerprint density at radius 2 is 1.57 bits per heavy atom. The van der Waals surface area contributed by atoms with Crippen LogP contribution >= 0.6 is 23.2 Å². The maximum absolute atomic E-state index is 12.4. The number of para-hydroxylation sites is 1. The average molecular weight is 415 g/mol. The van der Waals surface area contributed by atoms with Gasteiger partial charge in [0.1, 0.15) is 11.5 Å². The molecule has 28 heavy (non-hydrogen) atoms. The van der Waals surface area contributed by atoms with Gasteiger partial charge in [-0.2, -0.15) is 5.10 Å². The summed E-state index contributed by atoms with van der Waals surface area (Å²) in [5.41, 5.74) is 3.94. The Hall–Kier alpha value is -3.02. The molecule has 0 aromatic heterocycles. The van der Waals surface area contributed by atoms with Crippen molar-refractivity contribution in [2.24, 2.45) is 5.10 Å². The molecule has 0 unspecified atom stereocenters. The van der Waals surface area contributed by atoms with Crippen molar-refractivity contribution in [3.05, 3.63) is 87.9 Å². The largest absolute Gasteiger partial charge is 0.505 e. The summed E-state index contributed by atoms with van der Waals surface area (Å²) >= 11 is 11.8. The zero-order valence-corrected chi connectivity index (χ0v) is 16.3. The molecular weight excluding hydrogens is 399 g/mol. The number of benzene rings is 3. The monoisotopic (exact) mass is 414 g/mol. The van der Waals surface area contributed by atoms with Gasteiger partial charge in [-0.05, 0) is 49.4 Å². The molecule has 142 valence electrons. The fraction of sp³-hybridized carbons (Fsp3) is 0.0476. The van der Waals surface area contributed by atoms with Gasteiger partial charge in [-0.3, -0.25) is 4.79 Å². The topological polar surface area (TPSA) is 70.9 Å². The van der Waals surface area contributed by atoms with E-state index in [0.29, 0.717) is 28.3 Å². The Bertz CT molecular complexity index is 1010. The van der Waals surface area contributed by atoms with E-state index in [1.165, 1.54) is 12.1 Å². The van der Waals surface area contributed by atoms with E-state index in [0.717, 1.165) is 0 Å². The lowest BCUT2D eigenvalue weighted by molar-refractivity contribution is 0.0954. The smallest absolute Gasteiger partial charge is 0.271 e. The lowest BCUT2D eigenvalue weighted by atomic mass is 10.1. The second-order valence-corrected chi connectivity index (χ2v) is 6.68. The number of phenols is 1. The van der Waals surface area contributed by atoms with Gasteiger partial charge in [0.15, 0.2) is 5.75 Å². The van der Waals surface area contributed by atoms with Crippen molar-refractivity contribution in [1.82, 2.24) is 5.43 Å². The molecule has 3 rings (SSSR count). The second-order valence-electron chi connectivity index (χ2n) is 5.87. The number of rotatable bonds is 5. The number of halogens is 2. The molecule has 0 atom stereocenters. The van der Waals surface area contributed by atoms with Gasteiger partial charge in [0.2, 0.25) is 0 Å². The predicted octanol–water partition coefficient (Wildman–Crippen LogP) is 5.65. The van der Waals surface area contributed by atoms with Crippen LogP contribution in [0.1, 0.15) is 22.8 Å². The summed E-state index contributed by atoms with van der Waals surface area (Å²) in [6.45, 7) is 1.69. The van der Waals surface area contributed by atoms with Gasteiger partial charge in [-0.25, -0.2) is 5.43 Å². The number of hydrazone groups is 1. The van der Waals surface area contributed by atoms with Crippen molar-refractivity contribution >= 4 is 34.8 Å². The number of hydrogen-bond donors (Lipinski definition) is 2. The van der Waals surface area contributed by atoms with Crippen molar-refractivity contribution in [1.29, 1.82) is 0 Å². The van der Waals surface area contributed by atoms with Crippen molar-refractivity contribution in [3.8, 4) is 17.2 Å². The number of aromatic hydroxyl groups is 1. The molecule has 0 saturated carbocycles. The maximum atomic E-state index is 12.4. The maximum Gasteiger partial charge on any atom is 0.271 e. The normalized spacial score (nSPS) is 11.2. The van der Waals surface area contributed by atoms with E-state index in [4.69, 9.17) is 27.9 Å². The van der Waals surface area contributed by atoms with Crippen molar-refractivity contribution < 1.29 is 14.6 Å². The highest BCUT2D eigenvalue weighted by Crippen LogP contribution is 2.32. The second kappa shape index (κ2) is 8.78. The van der Waals surface area contributed by atoms with Crippen LogP contribution in [0.2, 0.25) is 10.0 Å². The molecule has 3 aromatic rings. The standard InChI is InChI=1S/C21H16Cl2N2O3/c1-13(15-11-18(22)20(26)19(23)12-15)24-25-21(27)14-6-5-9-17(10-14)28-16-7-3-2-4-8-16/h2-12,26H,1H3,(H,25,27). The molecule has 0 radical (unpaired) electrons. The molecule has 0 heterocycles. The first kappa shape index (κ1) is 19.7. The molecule has 0 bridgehead atoms. The predicted molar refractivity (Wildman–Crippen MR) is 111 cm³/mol. The van der Waals surface area contributed by atoms with Gasteiger partial charge in [0.25, 0.3) is 5.91 Å². The summed E-state index contributed by atoms with van der Waals surface area (Å²) in [5, 5.41) is 13.9. The van der Waals surface area contributed by atoms with Crippen LogP contribution in [0, 0.1) is 0 Å². The van der Waals surface area contributed by atoms with Gasteiger partial charge in [-0.15, -0.1) is 0 Å². The van der Waals surface area contributed by atoms with Crippen molar-refractivity contribution in [3.63, 3.8) is 0 Å². The lowest BCUT2D eigenvalue weighted by Crippen LogP contribution is -2.19. The van der Waals surface area contributed by atoms with Gasteiger partial charge in [-0.1, -0.05) is 47.5 Å². The molecule has 1 amide bonds. The third kappa shape index (κ3) is 4.82. The number of carbonyl (C=O) groups excluding carboxylic acids is 1. The Labute approximate surface area is 172 Å². The van der Waals surface area contributed by atoms with Crippen LogP contribution < -0.4 is 10.2 Å². The van der Waals surface area contributed by atoms with Crippen LogP contribution in [0.25, 0.3) is 0 Å². The molecular formula is C21H16Cl2N2O3. The molecule has 0 aliphatic heterocycles. The Kier molecular flexibility index (Phi) is 6.19. The Morgan fingerprint density at radius 1 is 0.929 bits per heavy atom. The SMILES string of the molecule is CC(=NNC(=O)c1cccc(Oc2ccccc2)c1)c1cc(Cl)c(O)c(Cl)c1. The van der Waals surface area contributed by atoms with E-state index >= 15 is 0 Å². The average Bonchev–Trinajstić information content (AvgIpc) is 2.70. The van der Waals surface area contributed by atoms with E-state index < -0.39 is 5.91 Å². The first-order valence-electron chi connectivity index (χ1n) is 8.30. The molecule has 0 aliphatic rings. The zero-order chi connectivity index (χ0) is 20.1. The molecule has 5 nitrogen and oxygen atoms in total. The van der Waals surface area contributed by atoms with Crippen LogP contribution in [0.5, 0.6) is 17.2 Å². The summed E-state index contributed by atoms with van der Waals surface area (Å²) in [6, 6.07) is 19.1. The Morgan fingerprint density at radius 3 is 2.25 bits per heavy atom. The first-order valence-corrected chi connectivity index (χ1v) is 9.05. The molecule has 3 aromatic carbocycles. The number of hydrogen-bond acceptors (Lipinski definition) is 4. The minimum atomic E-state index is -0.395. The lowest BCUT2D eigenvalue weighted by Gasteiger charge is -2.08. The first-order chi connectivity index (χ1) is 13.4. The Balaban J connectivity index is 1.72. The minimum Gasteiger partial charge on any atom is -0.505 e. The third-order valence-electron chi connectivity index (χ3n) is 3.83. The van der Waals surface area contributed by atoms with E-state index in [9.17, 15) is 9.90 Å². The quantitative estimate of drug-likeness (QED) is 0.418. The fourth-order valence-electron chi connectivity index (χ4n) is 2.36. The van der Waals surface area contributed by atoms with Gasteiger partial charge in [0.05, 0.1) is 15.8 Å². The summed E-state index contributed by atoms with van der Waals surface area (Å²) in [5.74, 6) is 0.625. The highest BCUT2D eigenvalue weighted by Gasteiger charge is 2.10. The zero-order valence-electron chi connectivity index (χ0n) is 14.8. The van der Waals surface area contributed by atoms with Crippen LogP contribution in [-0.4, -0.2) is 16.7 Å². The van der Waals surface area contributed by atoms with Crippen LogP contribution in [0.3, 0.4) is 0 Å². The highest BCUT2D eigenvalue weighted by molar-refractivity contribution is 6.37.